The lowest BCUT2D eigenvalue weighted by molar-refractivity contribution is 0.193. The molecule has 0 N–H and O–H groups in total. The molecule has 2 aromatic carbocycles. The highest BCUT2D eigenvalue weighted by atomic mass is 16.5. The van der Waals surface area contributed by atoms with Gasteiger partial charge in [0, 0.05) is 16.2 Å². The zero-order chi connectivity index (χ0) is 18.6. The number of rotatable bonds is 0. The SMILES string of the molecule is CC1(C)C2=CC=CC3Oc4cc(C#N)cc5c4B(c4c(cccc41)O5)C23C. The minimum absolute atomic E-state index is 0.0598. The highest BCUT2D eigenvalue weighted by Gasteiger charge is 2.62. The van der Waals surface area contributed by atoms with Gasteiger partial charge in [-0.1, -0.05) is 50.6 Å². The van der Waals surface area contributed by atoms with Gasteiger partial charge in [-0.15, -0.1) is 0 Å². The maximum absolute atomic E-state index is 9.46. The van der Waals surface area contributed by atoms with Crippen molar-refractivity contribution < 1.29 is 9.47 Å². The van der Waals surface area contributed by atoms with E-state index in [0.29, 0.717) is 5.56 Å². The summed E-state index contributed by atoms with van der Waals surface area (Å²) in [5, 5.41) is 9.28. The lowest BCUT2D eigenvalue weighted by Crippen LogP contribution is -2.68. The highest BCUT2D eigenvalue weighted by molar-refractivity contribution is 6.91. The molecule has 0 fully saturated rings. The van der Waals surface area contributed by atoms with Gasteiger partial charge in [0.05, 0.1) is 11.6 Å². The predicted octanol–water partition coefficient (Wildman–Crippen LogP) is 3.58. The molecule has 2 aromatic rings. The Morgan fingerprint density at radius 2 is 1.89 bits per heavy atom. The van der Waals surface area contributed by atoms with Crippen molar-refractivity contribution in [3.05, 3.63) is 65.3 Å². The number of nitriles is 1. The number of hydrogen-bond donors (Lipinski definition) is 0. The second-order valence-corrected chi connectivity index (χ2v) is 8.66. The Kier molecular flexibility index (Phi) is 2.52. The summed E-state index contributed by atoms with van der Waals surface area (Å²) in [7, 11) is 0. The summed E-state index contributed by atoms with van der Waals surface area (Å²) in [5.41, 5.74) is 5.56. The second-order valence-electron chi connectivity index (χ2n) is 8.66. The van der Waals surface area contributed by atoms with Crippen molar-refractivity contribution in [3.63, 3.8) is 0 Å². The summed E-state index contributed by atoms with van der Waals surface area (Å²) in [6, 6.07) is 12.3. The molecule has 2 unspecified atom stereocenters. The van der Waals surface area contributed by atoms with Crippen LogP contribution in [-0.4, -0.2) is 12.8 Å². The maximum Gasteiger partial charge on any atom is 0.238 e. The molecule has 3 aliphatic heterocycles. The molecule has 4 aliphatic rings. The van der Waals surface area contributed by atoms with Crippen molar-refractivity contribution in [3.8, 4) is 23.3 Å². The van der Waals surface area contributed by atoms with Crippen molar-refractivity contribution in [1.82, 2.24) is 0 Å². The van der Waals surface area contributed by atoms with Crippen molar-refractivity contribution in [2.75, 3.05) is 0 Å². The Labute approximate surface area is 159 Å². The molecule has 3 nitrogen and oxygen atoms in total. The normalized spacial score (nSPS) is 27.0. The third-order valence-corrected chi connectivity index (χ3v) is 7.02. The van der Waals surface area contributed by atoms with Gasteiger partial charge in [0.1, 0.15) is 23.4 Å². The molecule has 0 saturated carbocycles. The summed E-state index contributed by atoms with van der Waals surface area (Å²) in [6.07, 6.45) is 6.50. The van der Waals surface area contributed by atoms with Crippen LogP contribution >= 0.6 is 0 Å². The lowest BCUT2D eigenvalue weighted by Gasteiger charge is -2.57. The van der Waals surface area contributed by atoms with E-state index in [9.17, 15) is 5.26 Å². The molecule has 130 valence electrons. The molecular weight excluding hydrogens is 333 g/mol. The molecule has 3 heterocycles. The number of nitrogens with zero attached hydrogens (tertiary/aromatic N) is 1. The van der Waals surface area contributed by atoms with Crippen LogP contribution in [0, 0.1) is 11.3 Å². The molecule has 0 spiro atoms. The highest BCUT2D eigenvalue weighted by Crippen LogP contribution is 2.60. The number of ether oxygens (including phenoxy) is 2. The van der Waals surface area contributed by atoms with Crippen LogP contribution in [-0.2, 0) is 5.41 Å². The standard InChI is InChI=1S/C23H18BNO2/c1-22(2)14-6-4-7-15-20(14)24-21-16(26-15)10-13(12-25)11-17(21)27-19-9-5-8-18(22)23(19,24)3/h4-11,19H,1-3H3. The molecule has 27 heavy (non-hydrogen) atoms. The van der Waals surface area contributed by atoms with Gasteiger partial charge in [0.25, 0.3) is 0 Å². The van der Waals surface area contributed by atoms with Gasteiger partial charge in [0.2, 0.25) is 6.71 Å². The number of benzene rings is 2. The van der Waals surface area contributed by atoms with Gasteiger partial charge in [-0.3, -0.25) is 0 Å². The first-order chi connectivity index (χ1) is 13.0. The van der Waals surface area contributed by atoms with Gasteiger partial charge in [-0.25, -0.2) is 0 Å². The predicted molar refractivity (Wildman–Crippen MR) is 106 cm³/mol. The van der Waals surface area contributed by atoms with Gasteiger partial charge in [-0.05, 0) is 35.3 Å². The van der Waals surface area contributed by atoms with E-state index in [2.05, 4.69) is 63.3 Å². The van der Waals surface area contributed by atoms with Gasteiger partial charge in [0.15, 0.2) is 0 Å². The van der Waals surface area contributed by atoms with E-state index in [1.54, 1.807) is 0 Å². The molecule has 0 amide bonds. The van der Waals surface area contributed by atoms with E-state index in [4.69, 9.17) is 9.47 Å². The maximum atomic E-state index is 9.46. The van der Waals surface area contributed by atoms with Gasteiger partial charge < -0.3 is 9.47 Å². The van der Waals surface area contributed by atoms with Crippen LogP contribution in [0.5, 0.6) is 17.2 Å². The second kappa shape index (κ2) is 4.48. The van der Waals surface area contributed by atoms with E-state index >= 15 is 0 Å². The molecule has 2 atom stereocenters. The first kappa shape index (κ1) is 15.2. The Bertz CT molecular complexity index is 1150. The van der Waals surface area contributed by atoms with Crippen LogP contribution in [0.15, 0.2) is 54.1 Å². The van der Waals surface area contributed by atoms with E-state index in [1.807, 2.05) is 12.1 Å². The van der Waals surface area contributed by atoms with E-state index in [0.717, 1.165) is 22.7 Å². The summed E-state index contributed by atoms with van der Waals surface area (Å²) < 4.78 is 12.8. The van der Waals surface area contributed by atoms with Crippen LogP contribution in [0.4, 0.5) is 0 Å². The Balaban J connectivity index is 1.79. The molecule has 0 radical (unpaired) electrons. The molecule has 6 rings (SSSR count). The minimum atomic E-state index is -0.180. The summed E-state index contributed by atoms with van der Waals surface area (Å²) in [6.45, 7) is 7.10. The van der Waals surface area contributed by atoms with Crippen LogP contribution in [0.2, 0.25) is 5.31 Å². The smallest absolute Gasteiger partial charge is 0.238 e. The molecule has 0 saturated heterocycles. The largest absolute Gasteiger partial charge is 0.487 e. The summed E-state index contributed by atoms with van der Waals surface area (Å²) in [4.78, 5) is 0. The van der Waals surface area contributed by atoms with Crippen LogP contribution in [0.25, 0.3) is 0 Å². The van der Waals surface area contributed by atoms with Crippen LogP contribution in [0.3, 0.4) is 0 Å². The number of allylic oxidation sites excluding steroid dienone is 2. The average Bonchev–Trinajstić information content (AvgIpc) is 2.65. The van der Waals surface area contributed by atoms with E-state index in [1.165, 1.54) is 16.6 Å². The fourth-order valence-corrected chi connectivity index (χ4v) is 5.90. The Morgan fingerprint density at radius 3 is 2.70 bits per heavy atom. The number of hydrogen-bond acceptors (Lipinski definition) is 3. The third-order valence-electron chi connectivity index (χ3n) is 7.02. The zero-order valence-corrected chi connectivity index (χ0v) is 15.5. The fraction of sp³-hybridized carbons (Fsp3) is 0.261. The monoisotopic (exact) mass is 351 g/mol. The average molecular weight is 351 g/mol. The quantitative estimate of drug-likeness (QED) is 0.682. The van der Waals surface area contributed by atoms with E-state index < -0.39 is 0 Å². The van der Waals surface area contributed by atoms with Crippen molar-refractivity contribution in [2.24, 2.45) is 0 Å². The molecule has 0 aromatic heterocycles. The zero-order valence-electron chi connectivity index (χ0n) is 15.5. The summed E-state index contributed by atoms with van der Waals surface area (Å²) >= 11 is 0. The molecule has 4 heteroatoms. The topological polar surface area (TPSA) is 42.2 Å². The van der Waals surface area contributed by atoms with Gasteiger partial charge in [-0.2, -0.15) is 5.26 Å². The van der Waals surface area contributed by atoms with Crippen molar-refractivity contribution in [2.45, 2.75) is 37.6 Å². The molecule has 1 aliphatic carbocycles. The Hall–Kier alpha value is -2.93. The van der Waals surface area contributed by atoms with Crippen molar-refractivity contribution >= 4 is 17.6 Å². The van der Waals surface area contributed by atoms with Crippen LogP contribution in [0.1, 0.15) is 31.9 Å². The van der Waals surface area contributed by atoms with Gasteiger partial charge >= 0.3 is 0 Å². The lowest BCUT2D eigenvalue weighted by atomic mass is 9.19. The third kappa shape index (κ3) is 1.56. The minimum Gasteiger partial charge on any atom is -0.487 e. The summed E-state index contributed by atoms with van der Waals surface area (Å²) in [5.74, 6) is 2.45. The molecule has 0 bridgehead atoms. The van der Waals surface area contributed by atoms with Crippen LogP contribution < -0.4 is 20.4 Å². The van der Waals surface area contributed by atoms with E-state index in [-0.39, 0.29) is 23.5 Å². The first-order valence-electron chi connectivity index (χ1n) is 9.41. The first-order valence-corrected chi connectivity index (χ1v) is 9.41. The van der Waals surface area contributed by atoms with Crippen molar-refractivity contribution in [1.29, 1.82) is 5.26 Å². The molecular formula is C23H18BNO2. The fourth-order valence-electron chi connectivity index (χ4n) is 5.90. The Morgan fingerprint density at radius 1 is 1.07 bits per heavy atom.